The Morgan fingerprint density at radius 2 is 2.20 bits per heavy atom. The maximum Gasteiger partial charge on any atom is 0.100 e. The Kier molecular flexibility index (Phi) is 3.27. The number of aliphatic hydroxyl groups is 1. The molecule has 1 aromatic carbocycles. The van der Waals surface area contributed by atoms with Gasteiger partial charge in [0.05, 0.1) is 0 Å². The van der Waals surface area contributed by atoms with Crippen LogP contribution in [0.1, 0.15) is 36.5 Å². The third-order valence-corrected chi connectivity index (χ3v) is 3.46. The molecule has 2 rings (SSSR count). The van der Waals surface area contributed by atoms with Gasteiger partial charge in [0.1, 0.15) is 6.10 Å². The van der Waals surface area contributed by atoms with Gasteiger partial charge in [-0.25, -0.2) is 0 Å². The van der Waals surface area contributed by atoms with Crippen LogP contribution in [0.2, 0.25) is 0 Å². The fraction of sp³-hybridized carbons (Fsp3) is 0.385. The maximum atomic E-state index is 10.2. The summed E-state index contributed by atoms with van der Waals surface area (Å²) < 4.78 is 1.03. The molecule has 0 amide bonds. The van der Waals surface area contributed by atoms with Gasteiger partial charge in [0.2, 0.25) is 0 Å². The van der Waals surface area contributed by atoms with Crippen LogP contribution in [-0.4, -0.2) is 5.11 Å². The quantitative estimate of drug-likeness (QED) is 0.806. The largest absolute Gasteiger partial charge is 0.384 e. The molecule has 1 atom stereocenters. The highest BCUT2D eigenvalue weighted by Gasteiger charge is 2.17. The van der Waals surface area contributed by atoms with E-state index >= 15 is 0 Å². The predicted octanol–water partition coefficient (Wildman–Crippen LogP) is 3.90. The molecule has 80 valence electrons. The zero-order chi connectivity index (χ0) is 10.8. The highest BCUT2D eigenvalue weighted by Crippen LogP contribution is 2.33. The van der Waals surface area contributed by atoms with Gasteiger partial charge in [-0.15, -0.1) is 0 Å². The average Bonchev–Trinajstić information content (AvgIpc) is 2.74. The van der Waals surface area contributed by atoms with Gasteiger partial charge in [-0.1, -0.05) is 28.1 Å². The molecule has 0 aromatic heterocycles. The second-order valence-electron chi connectivity index (χ2n) is 4.07. The summed E-state index contributed by atoms with van der Waals surface area (Å²) in [6.07, 6.45) is 5.09. The minimum absolute atomic E-state index is 0.412. The van der Waals surface area contributed by atoms with Crippen LogP contribution in [0.3, 0.4) is 0 Å². The molecule has 2 heteroatoms. The van der Waals surface area contributed by atoms with Crippen LogP contribution in [0.4, 0.5) is 0 Å². The average molecular weight is 267 g/mol. The standard InChI is InChI=1S/C13H15BrO/c1-9-6-7-11(14)8-12(9)13(15)10-4-2-3-5-10/h4,6-8,13,15H,2-3,5H2,1H3. The van der Waals surface area contributed by atoms with E-state index in [4.69, 9.17) is 0 Å². The Labute approximate surface area is 99.0 Å². The topological polar surface area (TPSA) is 20.2 Å². The number of rotatable bonds is 2. The van der Waals surface area contributed by atoms with Gasteiger partial charge in [-0.05, 0) is 55.0 Å². The number of halogens is 1. The molecule has 1 aromatic rings. The molecule has 1 nitrogen and oxygen atoms in total. The van der Waals surface area contributed by atoms with Crippen molar-refractivity contribution in [2.75, 3.05) is 0 Å². The fourth-order valence-corrected chi connectivity index (χ4v) is 2.43. The molecule has 0 bridgehead atoms. The Morgan fingerprint density at radius 3 is 2.87 bits per heavy atom. The van der Waals surface area contributed by atoms with Crippen LogP contribution < -0.4 is 0 Å². The van der Waals surface area contributed by atoms with E-state index in [1.165, 1.54) is 12.0 Å². The molecule has 1 N–H and O–H groups in total. The summed E-state index contributed by atoms with van der Waals surface area (Å²) in [5.41, 5.74) is 3.35. The molecule has 0 fully saturated rings. The van der Waals surface area contributed by atoms with E-state index in [2.05, 4.69) is 22.0 Å². The third-order valence-electron chi connectivity index (χ3n) is 2.96. The van der Waals surface area contributed by atoms with Crippen molar-refractivity contribution in [2.24, 2.45) is 0 Å². The molecular weight excluding hydrogens is 252 g/mol. The van der Waals surface area contributed by atoms with Crippen LogP contribution in [0.15, 0.2) is 34.3 Å². The summed E-state index contributed by atoms with van der Waals surface area (Å²) in [5, 5.41) is 10.2. The lowest BCUT2D eigenvalue weighted by molar-refractivity contribution is 0.212. The highest BCUT2D eigenvalue weighted by molar-refractivity contribution is 9.10. The fourth-order valence-electron chi connectivity index (χ4n) is 2.05. The van der Waals surface area contributed by atoms with Crippen LogP contribution in [0.25, 0.3) is 0 Å². The number of hydrogen-bond acceptors (Lipinski definition) is 1. The molecule has 1 unspecified atom stereocenters. The number of aliphatic hydroxyl groups excluding tert-OH is 1. The van der Waals surface area contributed by atoms with Crippen LogP contribution >= 0.6 is 15.9 Å². The van der Waals surface area contributed by atoms with E-state index in [1.54, 1.807) is 0 Å². The van der Waals surface area contributed by atoms with Crippen molar-refractivity contribution in [1.29, 1.82) is 0 Å². The Bertz CT molecular complexity index is 396. The van der Waals surface area contributed by atoms with Crippen LogP contribution in [0, 0.1) is 6.92 Å². The predicted molar refractivity (Wildman–Crippen MR) is 65.8 cm³/mol. The number of allylic oxidation sites excluding steroid dienone is 1. The van der Waals surface area contributed by atoms with Crippen molar-refractivity contribution in [3.8, 4) is 0 Å². The van der Waals surface area contributed by atoms with Crippen molar-refractivity contribution in [3.63, 3.8) is 0 Å². The normalized spacial score (nSPS) is 17.7. The lowest BCUT2D eigenvalue weighted by atomic mass is 9.97. The first-order valence-corrected chi connectivity index (χ1v) is 6.11. The summed E-state index contributed by atoms with van der Waals surface area (Å²) in [6, 6.07) is 6.06. The highest BCUT2D eigenvalue weighted by atomic mass is 79.9. The molecule has 0 radical (unpaired) electrons. The molecule has 1 aliphatic rings. The van der Waals surface area contributed by atoms with Gasteiger partial charge in [-0.2, -0.15) is 0 Å². The summed E-state index contributed by atoms with van der Waals surface area (Å²) in [7, 11) is 0. The minimum atomic E-state index is -0.412. The lowest BCUT2D eigenvalue weighted by Crippen LogP contribution is -2.02. The molecular formula is C13H15BrO. The molecule has 0 aliphatic heterocycles. The smallest absolute Gasteiger partial charge is 0.100 e. The Morgan fingerprint density at radius 1 is 1.40 bits per heavy atom. The number of hydrogen-bond donors (Lipinski definition) is 1. The van der Waals surface area contributed by atoms with E-state index in [0.29, 0.717) is 0 Å². The van der Waals surface area contributed by atoms with E-state index in [0.717, 1.165) is 28.4 Å². The first-order valence-electron chi connectivity index (χ1n) is 5.31. The second-order valence-corrected chi connectivity index (χ2v) is 4.99. The SMILES string of the molecule is Cc1ccc(Br)cc1C(O)C1=CCCC1. The molecule has 0 saturated carbocycles. The van der Waals surface area contributed by atoms with E-state index in [-0.39, 0.29) is 0 Å². The van der Waals surface area contributed by atoms with Crippen molar-refractivity contribution in [2.45, 2.75) is 32.3 Å². The van der Waals surface area contributed by atoms with Gasteiger partial charge >= 0.3 is 0 Å². The van der Waals surface area contributed by atoms with Crippen molar-refractivity contribution in [1.82, 2.24) is 0 Å². The van der Waals surface area contributed by atoms with Gasteiger partial charge in [0, 0.05) is 4.47 Å². The number of aryl methyl sites for hydroxylation is 1. The van der Waals surface area contributed by atoms with Crippen LogP contribution in [0.5, 0.6) is 0 Å². The van der Waals surface area contributed by atoms with E-state index in [1.807, 2.05) is 25.1 Å². The summed E-state index contributed by atoms with van der Waals surface area (Å²) in [4.78, 5) is 0. The molecule has 0 heterocycles. The zero-order valence-electron chi connectivity index (χ0n) is 8.83. The van der Waals surface area contributed by atoms with Gasteiger partial charge in [0.25, 0.3) is 0 Å². The van der Waals surface area contributed by atoms with Crippen molar-refractivity contribution >= 4 is 15.9 Å². The first kappa shape index (κ1) is 10.9. The van der Waals surface area contributed by atoms with Gasteiger partial charge in [-0.3, -0.25) is 0 Å². The second kappa shape index (κ2) is 4.50. The Balaban J connectivity index is 2.31. The monoisotopic (exact) mass is 266 g/mol. The lowest BCUT2D eigenvalue weighted by Gasteiger charge is -2.15. The third kappa shape index (κ3) is 2.32. The number of benzene rings is 1. The molecule has 0 spiro atoms. The maximum absolute atomic E-state index is 10.2. The van der Waals surface area contributed by atoms with E-state index < -0.39 is 6.10 Å². The summed E-state index contributed by atoms with van der Waals surface area (Å²) in [6.45, 7) is 2.04. The van der Waals surface area contributed by atoms with E-state index in [9.17, 15) is 5.11 Å². The van der Waals surface area contributed by atoms with Crippen molar-refractivity contribution < 1.29 is 5.11 Å². The molecule has 1 aliphatic carbocycles. The summed E-state index contributed by atoms with van der Waals surface area (Å²) >= 11 is 3.44. The first-order chi connectivity index (χ1) is 7.18. The summed E-state index contributed by atoms with van der Waals surface area (Å²) in [5.74, 6) is 0. The molecule has 15 heavy (non-hydrogen) atoms. The zero-order valence-corrected chi connectivity index (χ0v) is 10.4. The van der Waals surface area contributed by atoms with Gasteiger partial charge in [0.15, 0.2) is 0 Å². The molecule has 0 saturated heterocycles. The van der Waals surface area contributed by atoms with Crippen molar-refractivity contribution in [3.05, 3.63) is 45.4 Å². The van der Waals surface area contributed by atoms with Crippen LogP contribution in [-0.2, 0) is 0 Å². The Hall–Kier alpha value is -0.600. The minimum Gasteiger partial charge on any atom is -0.384 e. The van der Waals surface area contributed by atoms with Gasteiger partial charge < -0.3 is 5.11 Å².